The molecule has 0 aliphatic carbocycles. The van der Waals surface area contributed by atoms with Crippen LogP contribution in [-0.4, -0.2) is 37.6 Å². The number of benzene rings is 1. The highest BCUT2D eigenvalue weighted by Gasteiger charge is 2.14. The van der Waals surface area contributed by atoms with E-state index >= 15 is 0 Å². The summed E-state index contributed by atoms with van der Waals surface area (Å²) in [5.74, 6) is 0.955. The Balaban J connectivity index is 2.99. The van der Waals surface area contributed by atoms with Crippen LogP contribution in [0.2, 0.25) is 0 Å². The molecule has 0 fully saturated rings. The van der Waals surface area contributed by atoms with Gasteiger partial charge < -0.3 is 16.0 Å². The molecular formula is C14H23N3OS. The van der Waals surface area contributed by atoms with Crippen LogP contribution in [0, 0.1) is 0 Å². The van der Waals surface area contributed by atoms with Crippen molar-refractivity contribution in [2.75, 3.05) is 36.2 Å². The quantitative estimate of drug-likeness (QED) is 0.785. The Kier molecular flexibility index (Phi) is 6.02. The van der Waals surface area contributed by atoms with Gasteiger partial charge in [-0.3, -0.25) is 4.79 Å². The molecule has 3 N–H and O–H groups in total. The van der Waals surface area contributed by atoms with Gasteiger partial charge in [-0.05, 0) is 38.3 Å². The minimum Gasteiger partial charge on any atom is -0.397 e. The van der Waals surface area contributed by atoms with Crippen LogP contribution in [0.3, 0.4) is 0 Å². The van der Waals surface area contributed by atoms with Crippen molar-refractivity contribution >= 4 is 29.0 Å². The van der Waals surface area contributed by atoms with Gasteiger partial charge in [0.25, 0.3) is 5.91 Å². The maximum atomic E-state index is 11.9. The van der Waals surface area contributed by atoms with Crippen LogP contribution in [0.15, 0.2) is 18.2 Å². The SMILES string of the molecule is CCNC(=O)c1ccc(N)c(N(C)C(C)CSC)c1. The smallest absolute Gasteiger partial charge is 0.251 e. The maximum absolute atomic E-state index is 11.9. The summed E-state index contributed by atoms with van der Waals surface area (Å²) in [5.41, 5.74) is 8.27. The third-order valence-electron chi connectivity index (χ3n) is 3.08. The van der Waals surface area contributed by atoms with Gasteiger partial charge in [-0.1, -0.05) is 0 Å². The second-order valence-corrected chi connectivity index (χ2v) is 5.46. The average Bonchev–Trinajstić information content (AvgIpc) is 2.39. The number of rotatable bonds is 6. The number of hydrogen-bond acceptors (Lipinski definition) is 4. The molecule has 0 radical (unpaired) electrons. The Morgan fingerprint density at radius 2 is 2.21 bits per heavy atom. The van der Waals surface area contributed by atoms with E-state index in [0.29, 0.717) is 23.8 Å². The number of anilines is 2. The van der Waals surface area contributed by atoms with Crippen LogP contribution in [0.25, 0.3) is 0 Å². The lowest BCUT2D eigenvalue weighted by Crippen LogP contribution is -2.32. The first-order valence-electron chi connectivity index (χ1n) is 6.40. The summed E-state index contributed by atoms with van der Waals surface area (Å²) in [6, 6.07) is 5.78. The number of hydrogen-bond donors (Lipinski definition) is 2. The molecule has 106 valence electrons. The number of nitrogens with zero attached hydrogens (tertiary/aromatic N) is 1. The van der Waals surface area contributed by atoms with E-state index in [1.807, 2.05) is 20.0 Å². The first kappa shape index (κ1) is 15.7. The largest absolute Gasteiger partial charge is 0.397 e. The Hall–Kier alpha value is -1.36. The molecule has 0 spiro atoms. The molecule has 0 aromatic heterocycles. The fourth-order valence-electron chi connectivity index (χ4n) is 1.84. The molecule has 1 aromatic carbocycles. The van der Waals surface area contributed by atoms with Gasteiger partial charge in [0, 0.05) is 31.0 Å². The van der Waals surface area contributed by atoms with E-state index in [1.54, 1.807) is 23.9 Å². The summed E-state index contributed by atoms with van der Waals surface area (Å²) in [6.45, 7) is 4.68. The first-order chi connectivity index (χ1) is 9.01. The third kappa shape index (κ3) is 4.06. The highest BCUT2D eigenvalue weighted by molar-refractivity contribution is 7.98. The molecule has 0 aliphatic heterocycles. The summed E-state index contributed by atoms with van der Waals surface area (Å²) < 4.78 is 0. The zero-order valence-corrected chi connectivity index (χ0v) is 12.9. The lowest BCUT2D eigenvalue weighted by molar-refractivity contribution is 0.0956. The van der Waals surface area contributed by atoms with Crippen LogP contribution >= 0.6 is 11.8 Å². The van der Waals surface area contributed by atoms with Crippen molar-refractivity contribution in [2.24, 2.45) is 0 Å². The molecule has 0 saturated heterocycles. The van der Waals surface area contributed by atoms with E-state index < -0.39 is 0 Å². The Morgan fingerprint density at radius 1 is 1.53 bits per heavy atom. The molecule has 0 bridgehead atoms. The zero-order chi connectivity index (χ0) is 14.4. The van der Waals surface area contributed by atoms with E-state index in [9.17, 15) is 4.79 Å². The summed E-state index contributed by atoms with van der Waals surface area (Å²) in [6.07, 6.45) is 2.08. The fourth-order valence-corrected chi connectivity index (χ4v) is 2.55. The number of nitrogens with one attached hydrogen (secondary N) is 1. The maximum Gasteiger partial charge on any atom is 0.251 e. The lowest BCUT2D eigenvalue weighted by atomic mass is 10.1. The Bertz CT molecular complexity index is 437. The summed E-state index contributed by atoms with van der Waals surface area (Å²) in [7, 11) is 2.01. The third-order valence-corrected chi connectivity index (χ3v) is 3.89. The van der Waals surface area contributed by atoms with Crippen LogP contribution in [-0.2, 0) is 0 Å². The van der Waals surface area contributed by atoms with Crippen molar-refractivity contribution in [3.05, 3.63) is 23.8 Å². The molecule has 0 aliphatic rings. The van der Waals surface area contributed by atoms with Crippen molar-refractivity contribution in [3.63, 3.8) is 0 Å². The van der Waals surface area contributed by atoms with Crippen LogP contribution < -0.4 is 16.0 Å². The van der Waals surface area contributed by atoms with E-state index in [1.165, 1.54) is 0 Å². The van der Waals surface area contributed by atoms with E-state index in [-0.39, 0.29) is 5.91 Å². The zero-order valence-electron chi connectivity index (χ0n) is 12.1. The number of amides is 1. The van der Waals surface area contributed by atoms with Gasteiger partial charge in [0.2, 0.25) is 0 Å². The van der Waals surface area contributed by atoms with Crippen molar-refractivity contribution in [3.8, 4) is 0 Å². The van der Waals surface area contributed by atoms with E-state index in [2.05, 4.69) is 23.4 Å². The van der Waals surface area contributed by atoms with Gasteiger partial charge in [-0.25, -0.2) is 0 Å². The molecule has 1 atom stereocenters. The standard InChI is InChI=1S/C14H23N3OS/c1-5-16-14(18)11-6-7-12(15)13(8-11)17(3)10(2)9-19-4/h6-8,10H,5,9,15H2,1-4H3,(H,16,18). The minimum atomic E-state index is -0.0605. The summed E-state index contributed by atoms with van der Waals surface area (Å²) in [4.78, 5) is 14.0. The summed E-state index contributed by atoms with van der Waals surface area (Å²) >= 11 is 1.80. The van der Waals surface area contributed by atoms with E-state index in [4.69, 9.17) is 5.73 Å². The molecular weight excluding hydrogens is 258 g/mol. The molecule has 4 nitrogen and oxygen atoms in total. The number of nitrogens with two attached hydrogens (primary N) is 1. The summed E-state index contributed by atoms with van der Waals surface area (Å²) in [5, 5.41) is 2.80. The molecule has 1 rings (SSSR count). The second-order valence-electron chi connectivity index (χ2n) is 4.55. The highest BCUT2D eigenvalue weighted by atomic mass is 32.2. The normalized spacial score (nSPS) is 12.0. The van der Waals surface area contributed by atoms with Gasteiger partial charge >= 0.3 is 0 Å². The topological polar surface area (TPSA) is 58.4 Å². The minimum absolute atomic E-state index is 0.0605. The van der Waals surface area contributed by atoms with Gasteiger partial charge in [0.15, 0.2) is 0 Å². The highest BCUT2D eigenvalue weighted by Crippen LogP contribution is 2.26. The average molecular weight is 281 g/mol. The fraction of sp³-hybridized carbons (Fsp3) is 0.500. The predicted molar refractivity (Wildman–Crippen MR) is 85.1 cm³/mol. The van der Waals surface area contributed by atoms with Crippen molar-refractivity contribution in [2.45, 2.75) is 19.9 Å². The molecule has 0 saturated carbocycles. The number of thioether (sulfide) groups is 1. The molecule has 5 heteroatoms. The number of nitrogen functional groups attached to an aromatic ring is 1. The van der Waals surface area contributed by atoms with Gasteiger partial charge in [0.05, 0.1) is 11.4 Å². The second kappa shape index (κ2) is 7.28. The molecule has 1 aromatic rings. The van der Waals surface area contributed by atoms with Crippen LogP contribution in [0.5, 0.6) is 0 Å². The first-order valence-corrected chi connectivity index (χ1v) is 7.80. The van der Waals surface area contributed by atoms with Gasteiger partial charge in [0.1, 0.15) is 0 Å². The van der Waals surface area contributed by atoms with Crippen LogP contribution in [0.4, 0.5) is 11.4 Å². The number of carbonyl (C=O) groups is 1. The molecule has 1 unspecified atom stereocenters. The monoisotopic (exact) mass is 281 g/mol. The van der Waals surface area contributed by atoms with Crippen molar-refractivity contribution < 1.29 is 4.79 Å². The van der Waals surface area contributed by atoms with Crippen molar-refractivity contribution in [1.29, 1.82) is 0 Å². The molecule has 19 heavy (non-hydrogen) atoms. The van der Waals surface area contributed by atoms with E-state index in [0.717, 1.165) is 11.4 Å². The van der Waals surface area contributed by atoms with Gasteiger partial charge in [-0.15, -0.1) is 0 Å². The molecule has 0 heterocycles. The predicted octanol–water partition coefficient (Wildman–Crippen LogP) is 2.21. The number of carbonyl (C=O) groups excluding carboxylic acids is 1. The van der Waals surface area contributed by atoms with Crippen molar-refractivity contribution in [1.82, 2.24) is 5.32 Å². The molecule has 1 amide bonds. The Labute approximate surface area is 119 Å². The lowest BCUT2D eigenvalue weighted by Gasteiger charge is -2.28. The Morgan fingerprint density at radius 3 is 2.79 bits per heavy atom. The van der Waals surface area contributed by atoms with Crippen LogP contribution in [0.1, 0.15) is 24.2 Å². The van der Waals surface area contributed by atoms with Gasteiger partial charge in [-0.2, -0.15) is 11.8 Å².